The molecule has 27 heavy (non-hydrogen) atoms. The van der Waals surface area contributed by atoms with E-state index < -0.39 is 0 Å². The summed E-state index contributed by atoms with van der Waals surface area (Å²) in [6.07, 6.45) is 11.9. The van der Waals surface area contributed by atoms with Crippen molar-refractivity contribution in [3.8, 4) is 0 Å². The molecule has 0 bridgehead atoms. The molecule has 0 aliphatic heterocycles. The number of ether oxygens (including phenoxy) is 1. The lowest BCUT2D eigenvalue weighted by molar-refractivity contribution is -0.126. The maximum Gasteiger partial charge on any atom is 0.224 e. The Hall–Kier alpha value is -1.94. The van der Waals surface area contributed by atoms with Gasteiger partial charge in [0.05, 0.1) is 6.61 Å². The molecule has 1 unspecified atom stereocenters. The van der Waals surface area contributed by atoms with Gasteiger partial charge in [-0.1, -0.05) is 32.1 Å². The number of hydrogen-bond donors (Lipinski definition) is 1. The Kier molecular flexibility index (Phi) is 7.37. The van der Waals surface area contributed by atoms with Crippen LogP contribution in [0.4, 0.5) is 0 Å². The molecule has 1 amide bonds. The summed E-state index contributed by atoms with van der Waals surface area (Å²) in [6, 6.07) is 5.72. The number of fused-ring (bicyclic) bond motifs is 1. The molecule has 1 aromatic heterocycles. The zero-order valence-corrected chi connectivity index (χ0v) is 17.4. The molecule has 0 saturated heterocycles. The molecule has 148 valence electrons. The number of nitrogens with zero attached hydrogens (tertiary/aromatic N) is 1. The van der Waals surface area contributed by atoms with Crippen LogP contribution in [0.15, 0.2) is 53.9 Å². The number of aromatic nitrogens is 1. The summed E-state index contributed by atoms with van der Waals surface area (Å²) in [4.78, 5) is 16.2. The molecule has 2 atom stereocenters. The Morgan fingerprint density at radius 3 is 2.44 bits per heavy atom. The number of allylic oxidation sites excluding steroid dienone is 3. The molecule has 1 saturated carbocycles. The van der Waals surface area contributed by atoms with Gasteiger partial charge in [0.2, 0.25) is 5.91 Å². The first-order valence-corrected chi connectivity index (χ1v) is 9.86. The van der Waals surface area contributed by atoms with E-state index in [1.807, 2.05) is 18.2 Å². The van der Waals surface area contributed by atoms with Gasteiger partial charge in [-0.2, -0.15) is 0 Å². The van der Waals surface area contributed by atoms with Gasteiger partial charge in [0, 0.05) is 36.4 Å². The lowest BCUT2D eigenvalue weighted by atomic mass is 9.80. The lowest BCUT2D eigenvalue weighted by Gasteiger charge is -2.28. The van der Waals surface area contributed by atoms with Crippen LogP contribution in [-0.4, -0.2) is 30.1 Å². The maximum atomic E-state index is 12.5. The third-order valence-corrected chi connectivity index (χ3v) is 5.44. The Morgan fingerprint density at radius 2 is 1.93 bits per heavy atom. The van der Waals surface area contributed by atoms with Gasteiger partial charge in [0.25, 0.3) is 0 Å². The van der Waals surface area contributed by atoms with E-state index in [0.717, 1.165) is 32.3 Å². The zero-order valence-electron chi connectivity index (χ0n) is 17.4. The summed E-state index contributed by atoms with van der Waals surface area (Å²) in [5.74, 6) is 0.296. The maximum absolute atomic E-state index is 12.5. The summed E-state index contributed by atoms with van der Waals surface area (Å²) >= 11 is 0. The van der Waals surface area contributed by atoms with Crippen LogP contribution < -0.4 is 5.32 Å². The van der Waals surface area contributed by atoms with Gasteiger partial charge in [0.15, 0.2) is 0 Å². The van der Waals surface area contributed by atoms with Gasteiger partial charge in [-0.3, -0.25) is 9.78 Å². The molecule has 2 aliphatic carbocycles. The van der Waals surface area contributed by atoms with Gasteiger partial charge in [0.1, 0.15) is 0 Å². The minimum absolute atomic E-state index is 0.0850. The molecule has 2 aliphatic rings. The van der Waals surface area contributed by atoms with Crippen molar-refractivity contribution in [2.75, 3.05) is 13.7 Å². The molecule has 4 heteroatoms. The average molecular weight is 371 g/mol. The molecular weight excluding hydrogens is 336 g/mol. The van der Waals surface area contributed by atoms with Gasteiger partial charge in [-0.25, -0.2) is 0 Å². The molecule has 1 N–H and O–H groups in total. The highest BCUT2D eigenvalue weighted by atomic mass is 16.5. The predicted molar refractivity (Wildman–Crippen MR) is 110 cm³/mol. The van der Waals surface area contributed by atoms with Gasteiger partial charge in [-0.05, 0) is 62.8 Å². The van der Waals surface area contributed by atoms with Crippen LogP contribution in [0.2, 0.25) is 0 Å². The van der Waals surface area contributed by atoms with Crippen molar-refractivity contribution in [1.82, 2.24) is 10.3 Å². The Bertz CT molecular complexity index is 652. The number of pyridine rings is 1. The molecule has 0 aromatic carbocycles. The fourth-order valence-corrected chi connectivity index (χ4v) is 3.52. The van der Waals surface area contributed by atoms with E-state index in [0.29, 0.717) is 0 Å². The average Bonchev–Trinajstić information content (AvgIpc) is 3.06. The van der Waals surface area contributed by atoms with Crippen molar-refractivity contribution in [3.05, 3.63) is 53.9 Å². The third-order valence-electron chi connectivity index (χ3n) is 5.44. The van der Waals surface area contributed by atoms with E-state index in [1.165, 1.54) is 11.1 Å². The van der Waals surface area contributed by atoms with E-state index in [-0.39, 0.29) is 22.8 Å². The fraction of sp³-hybridized carbons (Fsp3) is 0.565. The van der Waals surface area contributed by atoms with E-state index in [2.05, 4.69) is 50.1 Å². The van der Waals surface area contributed by atoms with Crippen LogP contribution in [-0.2, 0) is 9.53 Å². The number of carbonyl (C=O) groups excluding carboxylic acids is 1. The first-order chi connectivity index (χ1) is 12.8. The van der Waals surface area contributed by atoms with E-state index >= 15 is 0 Å². The summed E-state index contributed by atoms with van der Waals surface area (Å²) < 4.78 is 5.33. The second kappa shape index (κ2) is 9.32. The van der Waals surface area contributed by atoms with Gasteiger partial charge < -0.3 is 10.1 Å². The minimum atomic E-state index is -0.113. The van der Waals surface area contributed by atoms with Crippen molar-refractivity contribution in [3.63, 3.8) is 0 Å². The van der Waals surface area contributed by atoms with Crippen LogP contribution in [0.5, 0.6) is 0 Å². The van der Waals surface area contributed by atoms with Crippen molar-refractivity contribution in [1.29, 1.82) is 0 Å². The highest BCUT2D eigenvalue weighted by molar-refractivity contribution is 5.81. The second-order valence-corrected chi connectivity index (χ2v) is 8.55. The molecular formula is C23H34N2O2. The number of carbonyl (C=O) groups is 1. The number of methoxy groups -OCH3 is 1. The standard InChI is InChI=1S/C18H29NO2.C5H5N/c1-6-17(2,3)19-16(20)14-9-13-7-8-18(4,12-21-5)11-15(13)10-14;1-2-4-6-5-3-1/h7,11,14H,6,8-10,12H2,1-5H3,(H,19,20);1-5H/t14-,18?;/m1./s1. The van der Waals surface area contributed by atoms with Gasteiger partial charge >= 0.3 is 0 Å². The molecule has 0 spiro atoms. The number of nitrogens with one attached hydrogen (secondary N) is 1. The summed E-state index contributed by atoms with van der Waals surface area (Å²) in [7, 11) is 1.75. The summed E-state index contributed by atoms with van der Waals surface area (Å²) in [6.45, 7) is 9.24. The van der Waals surface area contributed by atoms with E-state index in [4.69, 9.17) is 4.74 Å². The molecule has 3 rings (SSSR count). The Balaban J connectivity index is 0.000000369. The highest BCUT2D eigenvalue weighted by Gasteiger charge is 2.36. The Morgan fingerprint density at radius 1 is 1.26 bits per heavy atom. The van der Waals surface area contributed by atoms with Crippen LogP contribution >= 0.6 is 0 Å². The number of rotatable bonds is 5. The SMILES string of the molecule is CCC(C)(C)NC(=O)[C@@H]1CC2=CCC(C)(COC)C=C2C1.c1ccncc1. The molecule has 1 aromatic rings. The van der Waals surface area contributed by atoms with Crippen LogP contribution in [0.25, 0.3) is 0 Å². The predicted octanol–water partition coefficient (Wildman–Crippen LogP) is 4.69. The topological polar surface area (TPSA) is 51.2 Å². The molecule has 4 nitrogen and oxygen atoms in total. The van der Waals surface area contributed by atoms with Crippen molar-refractivity contribution < 1.29 is 9.53 Å². The van der Waals surface area contributed by atoms with E-state index in [1.54, 1.807) is 19.5 Å². The molecule has 1 heterocycles. The molecule has 0 radical (unpaired) electrons. The number of amides is 1. The summed E-state index contributed by atoms with van der Waals surface area (Å²) in [5, 5.41) is 3.19. The normalized spacial score (nSPS) is 24.1. The molecule has 1 fully saturated rings. The Labute approximate surface area is 164 Å². The lowest BCUT2D eigenvalue weighted by Crippen LogP contribution is -2.45. The van der Waals surface area contributed by atoms with Crippen molar-refractivity contribution >= 4 is 5.91 Å². The highest BCUT2D eigenvalue weighted by Crippen LogP contribution is 2.43. The third kappa shape index (κ3) is 6.31. The first kappa shape index (κ1) is 21.4. The van der Waals surface area contributed by atoms with Crippen molar-refractivity contribution in [2.45, 2.75) is 58.9 Å². The van der Waals surface area contributed by atoms with Gasteiger partial charge in [-0.15, -0.1) is 0 Å². The number of hydrogen-bond acceptors (Lipinski definition) is 3. The van der Waals surface area contributed by atoms with Crippen molar-refractivity contribution in [2.24, 2.45) is 11.3 Å². The monoisotopic (exact) mass is 370 g/mol. The van der Waals surface area contributed by atoms with Crippen LogP contribution in [0.3, 0.4) is 0 Å². The van der Waals surface area contributed by atoms with E-state index in [9.17, 15) is 4.79 Å². The minimum Gasteiger partial charge on any atom is -0.384 e. The largest absolute Gasteiger partial charge is 0.384 e. The zero-order chi connectivity index (χ0) is 19.9. The fourth-order valence-electron chi connectivity index (χ4n) is 3.52. The second-order valence-electron chi connectivity index (χ2n) is 8.55. The quantitative estimate of drug-likeness (QED) is 0.818. The summed E-state index contributed by atoms with van der Waals surface area (Å²) in [5.41, 5.74) is 2.70. The van der Waals surface area contributed by atoms with Crippen LogP contribution in [0.1, 0.15) is 53.4 Å². The first-order valence-electron chi connectivity index (χ1n) is 9.86. The smallest absolute Gasteiger partial charge is 0.224 e. The van der Waals surface area contributed by atoms with Crippen LogP contribution in [0, 0.1) is 11.3 Å².